The molecular weight excluding hydrogens is 296 g/mol. The fourth-order valence-electron chi connectivity index (χ4n) is 2.53. The Labute approximate surface area is 122 Å². The summed E-state index contributed by atoms with van der Waals surface area (Å²) in [6.07, 6.45) is 2.41. The van der Waals surface area contributed by atoms with Gasteiger partial charge in [0.2, 0.25) is 10.0 Å². The number of aromatic nitrogens is 2. The molecule has 4 N–H and O–H groups in total. The number of ether oxygens (including phenoxy) is 1. The quantitative estimate of drug-likeness (QED) is 0.712. The van der Waals surface area contributed by atoms with Crippen LogP contribution in [0.4, 0.5) is 0 Å². The van der Waals surface area contributed by atoms with E-state index in [1.54, 1.807) is 0 Å². The van der Waals surface area contributed by atoms with Crippen LogP contribution in [0.3, 0.4) is 0 Å². The van der Waals surface area contributed by atoms with E-state index in [2.05, 4.69) is 15.5 Å². The average Bonchev–Trinajstić information content (AvgIpc) is 2.96. The van der Waals surface area contributed by atoms with Crippen molar-refractivity contribution in [1.82, 2.24) is 15.5 Å². The number of amides is 1. The topological polar surface area (TPSA) is 127 Å². The van der Waals surface area contributed by atoms with E-state index in [4.69, 9.17) is 9.88 Å². The summed E-state index contributed by atoms with van der Waals surface area (Å²) in [5.74, 6) is -0.451. The third-order valence-electron chi connectivity index (χ3n) is 3.87. The van der Waals surface area contributed by atoms with Crippen molar-refractivity contribution < 1.29 is 17.9 Å². The molecule has 0 spiro atoms. The van der Waals surface area contributed by atoms with Crippen LogP contribution in [0.5, 0.6) is 0 Å². The number of carbonyl (C=O) groups is 1. The summed E-state index contributed by atoms with van der Waals surface area (Å²) in [7, 11) is -4.01. The van der Waals surface area contributed by atoms with Gasteiger partial charge in [0, 0.05) is 12.5 Å². The Balaban J connectivity index is 1.93. The van der Waals surface area contributed by atoms with Gasteiger partial charge in [-0.1, -0.05) is 0 Å². The molecule has 9 heteroatoms. The molecule has 0 bridgehead atoms. The molecule has 3 rings (SSSR count). The van der Waals surface area contributed by atoms with Gasteiger partial charge in [-0.3, -0.25) is 9.89 Å². The van der Waals surface area contributed by atoms with Crippen LogP contribution in [0.1, 0.15) is 48.3 Å². The van der Waals surface area contributed by atoms with Gasteiger partial charge in [-0.2, -0.15) is 5.10 Å². The standard InChI is InChI=1S/C12H18N4O4S/c1-12(4-5-20-6-12)14-11(17)9-10(21(13,18)19)8(15-16-9)7-2-3-7/h7H,2-6H2,1H3,(H,14,17)(H,15,16)(H2,13,18,19). The van der Waals surface area contributed by atoms with Crippen molar-refractivity contribution in [2.75, 3.05) is 13.2 Å². The molecule has 116 valence electrons. The SMILES string of the molecule is CC1(NC(=O)c2n[nH]c(C3CC3)c2S(N)(=O)=O)CCOC1. The summed E-state index contributed by atoms with van der Waals surface area (Å²) >= 11 is 0. The number of nitrogens with zero attached hydrogens (tertiary/aromatic N) is 1. The van der Waals surface area contributed by atoms with Crippen LogP contribution in [0, 0.1) is 0 Å². The summed E-state index contributed by atoms with van der Waals surface area (Å²) in [5.41, 5.74) is -0.228. The molecule has 1 unspecified atom stereocenters. The highest BCUT2D eigenvalue weighted by molar-refractivity contribution is 7.89. The molecule has 1 saturated carbocycles. The van der Waals surface area contributed by atoms with Gasteiger partial charge in [0.15, 0.2) is 5.69 Å². The van der Waals surface area contributed by atoms with Crippen LogP contribution >= 0.6 is 0 Å². The Hall–Kier alpha value is -1.45. The number of nitrogens with one attached hydrogen (secondary N) is 2. The molecular formula is C12H18N4O4S. The van der Waals surface area contributed by atoms with Crippen LogP contribution in [0.25, 0.3) is 0 Å². The lowest BCUT2D eigenvalue weighted by atomic mass is 10.0. The van der Waals surface area contributed by atoms with Crippen molar-refractivity contribution in [2.45, 2.75) is 42.5 Å². The summed E-state index contributed by atoms with van der Waals surface area (Å²) < 4.78 is 28.9. The highest BCUT2D eigenvalue weighted by atomic mass is 32.2. The first-order chi connectivity index (χ1) is 9.80. The Bertz CT molecular complexity index is 671. The fraction of sp³-hybridized carbons (Fsp3) is 0.667. The first kappa shape index (κ1) is 14.5. The third kappa shape index (κ3) is 2.81. The van der Waals surface area contributed by atoms with E-state index in [-0.39, 0.29) is 16.5 Å². The first-order valence-corrected chi connectivity index (χ1v) is 8.36. The molecule has 1 aliphatic carbocycles. The summed E-state index contributed by atoms with van der Waals surface area (Å²) in [4.78, 5) is 12.2. The molecule has 0 radical (unpaired) electrons. The zero-order valence-corrected chi connectivity index (χ0v) is 12.5. The number of aromatic amines is 1. The van der Waals surface area contributed by atoms with Crippen LogP contribution in [0.2, 0.25) is 0 Å². The maximum Gasteiger partial charge on any atom is 0.273 e. The minimum atomic E-state index is -4.01. The van der Waals surface area contributed by atoms with Gasteiger partial charge in [0.1, 0.15) is 4.90 Å². The van der Waals surface area contributed by atoms with Crippen molar-refractivity contribution in [2.24, 2.45) is 5.14 Å². The lowest BCUT2D eigenvalue weighted by Crippen LogP contribution is -2.47. The monoisotopic (exact) mass is 314 g/mol. The van der Waals surface area contributed by atoms with E-state index >= 15 is 0 Å². The van der Waals surface area contributed by atoms with Crippen LogP contribution in [-0.4, -0.2) is 43.3 Å². The van der Waals surface area contributed by atoms with E-state index in [0.717, 1.165) is 12.8 Å². The fourth-order valence-corrected chi connectivity index (χ4v) is 3.46. The Kier molecular flexibility index (Phi) is 3.30. The lowest BCUT2D eigenvalue weighted by Gasteiger charge is -2.23. The average molecular weight is 314 g/mol. The van der Waals surface area contributed by atoms with Gasteiger partial charge in [-0.15, -0.1) is 0 Å². The van der Waals surface area contributed by atoms with Crippen molar-refractivity contribution in [3.05, 3.63) is 11.4 Å². The largest absolute Gasteiger partial charge is 0.379 e. The molecule has 8 nitrogen and oxygen atoms in total. The molecule has 1 aromatic rings. The van der Waals surface area contributed by atoms with E-state index < -0.39 is 21.5 Å². The second-order valence-corrected chi connectivity index (χ2v) is 7.45. The second kappa shape index (κ2) is 4.79. The van der Waals surface area contributed by atoms with Crippen LogP contribution in [0.15, 0.2) is 4.90 Å². The third-order valence-corrected chi connectivity index (χ3v) is 4.85. The molecule has 2 aliphatic rings. The molecule has 1 atom stereocenters. The van der Waals surface area contributed by atoms with E-state index in [9.17, 15) is 13.2 Å². The highest BCUT2D eigenvalue weighted by Crippen LogP contribution is 2.42. The zero-order chi connectivity index (χ0) is 15.3. The molecule has 2 heterocycles. The van der Waals surface area contributed by atoms with Gasteiger partial charge in [0.05, 0.1) is 17.8 Å². The van der Waals surface area contributed by atoms with Gasteiger partial charge >= 0.3 is 0 Å². The number of hydrogen-bond donors (Lipinski definition) is 3. The Morgan fingerprint density at radius 3 is 2.76 bits per heavy atom. The number of rotatable bonds is 4. The minimum Gasteiger partial charge on any atom is -0.379 e. The summed E-state index contributed by atoms with van der Waals surface area (Å²) in [6.45, 7) is 2.80. The van der Waals surface area contributed by atoms with Crippen LogP contribution in [-0.2, 0) is 14.8 Å². The molecule has 1 saturated heterocycles. The van der Waals surface area contributed by atoms with E-state index in [1.807, 2.05) is 6.92 Å². The number of sulfonamides is 1. The molecule has 0 aromatic carbocycles. The zero-order valence-electron chi connectivity index (χ0n) is 11.7. The smallest absolute Gasteiger partial charge is 0.273 e. The van der Waals surface area contributed by atoms with Gasteiger partial charge in [-0.25, -0.2) is 13.6 Å². The number of nitrogens with two attached hydrogens (primary N) is 1. The van der Waals surface area contributed by atoms with Gasteiger partial charge in [0.25, 0.3) is 5.91 Å². The normalized spacial score (nSPS) is 26.0. The summed E-state index contributed by atoms with van der Waals surface area (Å²) in [5, 5.41) is 14.6. The van der Waals surface area contributed by atoms with E-state index in [1.165, 1.54) is 0 Å². The highest BCUT2D eigenvalue weighted by Gasteiger charge is 2.38. The number of hydrogen-bond acceptors (Lipinski definition) is 5. The van der Waals surface area contributed by atoms with Gasteiger partial charge < -0.3 is 10.1 Å². The second-order valence-electron chi connectivity index (χ2n) is 5.95. The maximum atomic E-state index is 12.4. The van der Waals surface area contributed by atoms with E-state index in [0.29, 0.717) is 25.3 Å². The molecule has 1 amide bonds. The first-order valence-electron chi connectivity index (χ1n) is 6.81. The predicted molar refractivity (Wildman–Crippen MR) is 73.2 cm³/mol. The van der Waals surface area contributed by atoms with Crippen molar-refractivity contribution in [3.8, 4) is 0 Å². The van der Waals surface area contributed by atoms with Crippen LogP contribution < -0.4 is 10.5 Å². The van der Waals surface area contributed by atoms with Crippen molar-refractivity contribution in [3.63, 3.8) is 0 Å². The molecule has 21 heavy (non-hydrogen) atoms. The Morgan fingerprint density at radius 1 is 1.52 bits per heavy atom. The Morgan fingerprint density at radius 2 is 2.24 bits per heavy atom. The summed E-state index contributed by atoms with van der Waals surface area (Å²) in [6, 6.07) is 0. The maximum absolute atomic E-state index is 12.4. The molecule has 2 fully saturated rings. The minimum absolute atomic E-state index is 0.0952. The predicted octanol–water partition coefficient (Wildman–Crippen LogP) is -0.157. The number of primary sulfonamides is 1. The molecule has 1 aliphatic heterocycles. The lowest BCUT2D eigenvalue weighted by molar-refractivity contribution is 0.0881. The van der Waals surface area contributed by atoms with Crippen molar-refractivity contribution >= 4 is 15.9 Å². The van der Waals surface area contributed by atoms with Crippen molar-refractivity contribution in [1.29, 1.82) is 0 Å². The molecule has 1 aromatic heterocycles. The number of carbonyl (C=O) groups excluding carboxylic acids is 1. The van der Waals surface area contributed by atoms with Gasteiger partial charge in [-0.05, 0) is 26.2 Å². The number of H-pyrrole nitrogens is 1.